The van der Waals surface area contributed by atoms with Gasteiger partial charge < -0.3 is 25.2 Å². The first-order valence-electron chi connectivity index (χ1n) is 16.1. The second kappa shape index (κ2) is 16.4. The van der Waals surface area contributed by atoms with Crippen LogP contribution < -0.4 is 16.2 Å². The van der Waals surface area contributed by atoms with Gasteiger partial charge in [-0.15, -0.1) is 0 Å². The minimum absolute atomic E-state index is 0.00938. The van der Waals surface area contributed by atoms with Crippen molar-refractivity contribution in [3.63, 3.8) is 0 Å². The third-order valence-electron chi connectivity index (χ3n) is 8.16. The third kappa shape index (κ3) is 9.99. The summed E-state index contributed by atoms with van der Waals surface area (Å²) in [6.07, 6.45) is -5.44. The van der Waals surface area contributed by atoms with Crippen molar-refractivity contribution in [3.05, 3.63) is 91.9 Å². The van der Waals surface area contributed by atoms with Gasteiger partial charge in [0.1, 0.15) is 28.9 Å². The summed E-state index contributed by atoms with van der Waals surface area (Å²) in [5.74, 6) is -4.83. The topological polar surface area (TPSA) is 121 Å². The average molecular weight is 707 g/mol. The van der Waals surface area contributed by atoms with Gasteiger partial charge in [-0.05, 0) is 124 Å². The summed E-state index contributed by atoms with van der Waals surface area (Å²) in [4.78, 5) is 54.1. The number of hydrogen-bond donors (Lipinski definition) is 3. The summed E-state index contributed by atoms with van der Waals surface area (Å²) in [6.45, 7) is 8.34. The van der Waals surface area contributed by atoms with Gasteiger partial charge in [-0.25, -0.2) is 8.78 Å². The molecule has 3 N–H and O–H groups in total. The monoisotopic (exact) mass is 706 g/mol. The van der Waals surface area contributed by atoms with Gasteiger partial charge in [0, 0.05) is 12.1 Å². The highest BCUT2D eigenvalue weighted by atomic mass is 19.4. The van der Waals surface area contributed by atoms with Crippen molar-refractivity contribution in [2.24, 2.45) is 5.92 Å². The summed E-state index contributed by atoms with van der Waals surface area (Å²) in [7, 11) is 3.44. The zero-order valence-corrected chi connectivity index (χ0v) is 29.1. The van der Waals surface area contributed by atoms with Crippen LogP contribution in [0.3, 0.4) is 0 Å². The lowest BCUT2D eigenvalue weighted by Crippen LogP contribution is -2.49. The van der Waals surface area contributed by atoms with E-state index in [-0.39, 0.29) is 36.4 Å². The number of hydrogen-bond acceptors (Lipinski definition) is 5. The molecule has 3 rings (SSSR count). The fourth-order valence-electron chi connectivity index (χ4n) is 5.95. The van der Waals surface area contributed by atoms with Crippen LogP contribution >= 0.6 is 0 Å². The highest BCUT2D eigenvalue weighted by molar-refractivity contribution is 5.97. The minimum Gasteiger partial charge on any atom is -0.481 e. The first-order chi connectivity index (χ1) is 23.2. The van der Waals surface area contributed by atoms with E-state index < -0.39 is 70.9 Å². The van der Waals surface area contributed by atoms with E-state index in [0.29, 0.717) is 39.4 Å². The maximum absolute atomic E-state index is 15.7. The number of rotatable bonds is 14. The number of benzene rings is 2. The number of halogens is 5. The number of nitrogens with zero attached hydrogens (tertiary/aromatic N) is 2. The molecule has 0 spiro atoms. The molecule has 2 atom stereocenters. The van der Waals surface area contributed by atoms with Crippen LogP contribution in [0.15, 0.2) is 41.2 Å². The van der Waals surface area contributed by atoms with Crippen LogP contribution in [0.1, 0.15) is 77.5 Å². The van der Waals surface area contributed by atoms with Crippen molar-refractivity contribution >= 4 is 17.8 Å². The second-order valence-corrected chi connectivity index (χ2v) is 13.2. The molecule has 0 aliphatic heterocycles. The average Bonchev–Trinajstić information content (AvgIpc) is 2.97. The van der Waals surface area contributed by atoms with Crippen LogP contribution in [0.5, 0.6) is 0 Å². The molecule has 50 heavy (non-hydrogen) atoms. The van der Waals surface area contributed by atoms with Crippen LogP contribution in [0.2, 0.25) is 0 Å². The second-order valence-electron chi connectivity index (χ2n) is 13.2. The van der Waals surface area contributed by atoms with Crippen LogP contribution in [0.4, 0.5) is 22.0 Å². The van der Waals surface area contributed by atoms with Gasteiger partial charge in [0.15, 0.2) is 0 Å². The Morgan fingerprint density at radius 3 is 2.10 bits per heavy atom. The molecule has 2 aromatic carbocycles. The fraction of sp³-hybridized carbons (Fsp3) is 0.444. The number of carboxylic acid groups (broad SMARTS) is 1. The molecule has 0 fully saturated rings. The van der Waals surface area contributed by atoms with Crippen molar-refractivity contribution in [2.45, 2.75) is 78.7 Å². The quantitative estimate of drug-likeness (QED) is 0.173. The van der Waals surface area contributed by atoms with Gasteiger partial charge in [-0.2, -0.15) is 13.2 Å². The van der Waals surface area contributed by atoms with Crippen LogP contribution in [0.25, 0.3) is 11.1 Å². The number of aliphatic carboxylic acids is 1. The van der Waals surface area contributed by atoms with E-state index in [9.17, 15) is 41.8 Å². The molecule has 1 heterocycles. The highest BCUT2D eigenvalue weighted by Gasteiger charge is 2.36. The number of carbonyl (C=O) groups excluding carboxylic acids is 2. The predicted octanol–water partition coefficient (Wildman–Crippen LogP) is 6.17. The molecule has 0 saturated carbocycles. The normalized spacial score (nSPS) is 13.0. The zero-order chi connectivity index (χ0) is 37.7. The molecule has 0 aliphatic carbocycles. The van der Waals surface area contributed by atoms with Crippen molar-refractivity contribution in [1.29, 1.82) is 0 Å². The summed E-state index contributed by atoms with van der Waals surface area (Å²) in [5, 5.41) is 14.7. The van der Waals surface area contributed by atoms with Gasteiger partial charge in [0.25, 0.3) is 11.5 Å². The summed E-state index contributed by atoms with van der Waals surface area (Å²) in [6, 6.07) is 4.13. The molecule has 0 aliphatic rings. The van der Waals surface area contributed by atoms with Crippen LogP contribution in [-0.2, 0) is 22.3 Å². The Hall–Kier alpha value is -4.59. The molecular weight excluding hydrogens is 663 g/mol. The van der Waals surface area contributed by atoms with Crippen molar-refractivity contribution in [1.82, 2.24) is 20.1 Å². The number of carbonyl (C=O) groups is 3. The highest BCUT2D eigenvalue weighted by Crippen LogP contribution is 2.34. The number of aryl methyl sites for hydroxylation is 3. The molecule has 1 aromatic heterocycles. The van der Waals surface area contributed by atoms with E-state index in [1.54, 1.807) is 46.7 Å². The van der Waals surface area contributed by atoms with Gasteiger partial charge in [-0.1, -0.05) is 13.8 Å². The molecule has 0 unspecified atom stereocenters. The summed E-state index contributed by atoms with van der Waals surface area (Å²) < 4.78 is 71.6. The van der Waals surface area contributed by atoms with E-state index in [2.05, 4.69) is 10.6 Å². The predicted molar refractivity (Wildman–Crippen MR) is 179 cm³/mol. The first-order valence-corrected chi connectivity index (χ1v) is 16.1. The van der Waals surface area contributed by atoms with Gasteiger partial charge in [-0.3, -0.25) is 19.2 Å². The Labute approximate surface area is 287 Å². The smallest absolute Gasteiger partial charge is 0.431 e. The molecule has 2 amide bonds. The molecule has 3 aromatic rings. The lowest BCUT2D eigenvalue weighted by atomic mass is 9.90. The van der Waals surface area contributed by atoms with Crippen molar-refractivity contribution in [2.75, 3.05) is 20.6 Å². The molecule has 9 nitrogen and oxygen atoms in total. The lowest BCUT2D eigenvalue weighted by Gasteiger charge is -2.25. The fourth-order valence-corrected chi connectivity index (χ4v) is 5.95. The number of carboxylic acids is 1. The Morgan fingerprint density at radius 2 is 1.56 bits per heavy atom. The maximum atomic E-state index is 15.7. The molecule has 0 saturated heterocycles. The van der Waals surface area contributed by atoms with Crippen molar-refractivity contribution in [3.8, 4) is 11.1 Å². The first kappa shape index (κ1) is 39.8. The minimum atomic E-state index is -4.87. The molecule has 272 valence electrons. The van der Waals surface area contributed by atoms with Gasteiger partial charge in [0.05, 0.1) is 12.5 Å². The Kier molecular flexibility index (Phi) is 13.1. The molecule has 14 heteroatoms. The van der Waals surface area contributed by atoms with E-state index in [1.807, 2.05) is 0 Å². The Bertz CT molecular complexity index is 1780. The van der Waals surface area contributed by atoms with Crippen LogP contribution in [-0.4, -0.2) is 59.0 Å². The molecule has 0 bridgehead atoms. The number of nitrogens with one attached hydrogen (secondary N) is 2. The van der Waals surface area contributed by atoms with E-state index in [1.165, 1.54) is 31.2 Å². The van der Waals surface area contributed by atoms with Gasteiger partial charge >= 0.3 is 12.1 Å². The van der Waals surface area contributed by atoms with E-state index in [4.69, 9.17) is 0 Å². The van der Waals surface area contributed by atoms with Gasteiger partial charge in [0.2, 0.25) is 5.91 Å². The molecular formula is C36H43F5N4O5. The SMILES string of the molecule is Cc1cc(-c2c(C)cc(F)cc2C)cc([C@H](CC(=O)O)NC(=O)[C@H](CC(C)C)NC(=O)c2ccc(C(F)(F)F)n(CCCN(C)C)c2=O)c1F. The molecule has 0 radical (unpaired) electrons. The number of pyridine rings is 1. The lowest BCUT2D eigenvalue weighted by molar-refractivity contribution is -0.144. The van der Waals surface area contributed by atoms with E-state index in [0.717, 1.165) is 6.07 Å². The standard InChI is InChI=1S/C36H43F5N4O5/c1-19(2)13-28(43-33(48)25-9-10-29(36(39,40)41)45(35(25)50)12-8-11-44(6)7)34(49)42-27(18-30(46)47)26-17-23(14-22(5)32(26)38)31-20(3)15-24(37)16-21(31)4/h9-10,14-17,19,27-28H,8,11-13,18H2,1-7H3,(H,42,49)(H,43,48)(H,46,47)/t27-,28-/m0/s1. The zero-order valence-electron chi connectivity index (χ0n) is 29.1. The largest absolute Gasteiger partial charge is 0.481 e. The van der Waals surface area contributed by atoms with E-state index >= 15 is 4.39 Å². The number of aromatic nitrogens is 1. The number of alkyl halides is 3. The maximum Gasteiger partial charge on any atom is 0.431 e. The number of amides is 2. The Balaban J connectivity index is 2.01. The summed E-state index contributed by atoms with van der Waals surface area (Å²) >= 11 is 0. The van der Waals surface area contributed by atoms with Crippen molar-refractivity contribution < 1.29 is 41.4 Å². The third-order valence-corrected chi connectivity index (χ3v) is 8.16. The summed E-state index contributed by atoms with van der Waals surface area (Å²) in [5.41, 5.74) is -0.874. The Morgan fingerprint density at radius 1 is 0.940 bits per heavy atom. The van der Waals surface area contributed by atoms with Crippen LogP contribution in [0, 0.1) is 38.3 Å².